The number of nitrogens with one attached hydrogen (secondary N) is 1. The minimum absolute atomic E-state index is 0.0875. The Morgan fingerprint density at radius 2 is 2.25 bits per heavy atom. The molecule has 0 aliphatic carbocycles. The first-order valence-electron chi connectivity index (χ1n) is 3.63. The van der Waals surface area contributed by atoms with Gasteiger partial charge in [-0.2, -0.15) is 0 Å². The molecule has 0 aromatic rings. The molecule has 0 heterocycles. The molecule has 0 aliphatic heterocycles. The second-order valence-electron chi connectivity index (χ2n) is 2.63. The molecule has 0 spiro atoms. The maximum atomic E-state index is 5.10. The molecule has 0 unspecified atom stereocenters. The van der Waals surface area contributed by atoms with Gasteiger partial charge < -0.3 is 10.1 Å². The van der Waals surface area contributed by atoms with Crippen molar-refractivity contribution in [1.82, 2.24) is 5.32 Å². The van der Waals surface area contributed by atoms with E-state index in [-0.39, 0.29) is 4.87 Å². The van der Waals surface area contributed by atoms with E-state index in [2.05, 4.69) is 25.1 Å². The fourth-order valence-corrected chi connectivity index (χ4v) is 2.41. The van der Waals surface area contributed by atoms with Crippen molar-refractivity contribution < 1.29 is 4.74 Å². The van der Waals surface area contributed by atoms with E-state index in [4.69, 9.17) is 11.2 Å². The second kappa shape index (κ2) is 6.67. The smallest absolute Gasteiger partial charge is 0.108 e. The molecule has 0 fully saturated rings. The highest BCUT2D eigenvalue weighted by Crippen LogP contribution is 2.32. The van der Waals surface area contributed by atoms with Crippen LogP contribution >= 0.6 is 21.6 Å². The molecule has 0 radical (unpaired) electrons. The van der Waals surface area contributed by atoms with Crippen molar-refractivity contribution in [2.24, 2.45) is 0 Å². The van der Waals surface area contributed by atoms with E-state index in [0.29, 0.717) is 12.5 Å². The first-order valence-corrected chi connectivity index (χ1v) is 5.95. The van der Waals surface area contributed by atoms with E-state index >= 15 is 0 Å². The van der Waals surface area contributed by atoms with Crippen LogP contribution in [0, 0.1) is 12.3 Å². The van der Waals surface area contributed by atoms with Gasteiger partial charge in [-0.25, -0.2) is 0 Å². The molecule has 1 N–H and O–H groups in total. The minimum Gasteiger partial charge on any atom is -0.357 e. The zero-order valence-corrected chi connectivity index (χ0v) is 9.35. The summed E-state index contributed by atoms with van der Waals surface area (Å²) in [6, 6.07) is 0. The van der Waals surface area contributed by atoms with E-state index < -0.39 is 0 Å². The van der Waals surface area contributed by atoms with Gasteiger partial charge in [0.05, 0.1) is 4.87 Å². The van der Waals surface area contributed by atoms with Gasteiger partial charge in [-0.3, -0.25) is 0 Å². The highest BCUT2D eigenvalue weighted by atomic mass is 33.1. The summed E-state index contributed by atoms with van der Waals surface area (Å²) >= 11 is 0. The first-order chi connectivity index (χ1) is 5.62. The summed E-state index contributed by atoms with van der Waals surface area (Å²) in [7, 11) is 5.34. The summed E-state index contributed by atoms with van der Waals surface area (Å²) in [5.41, 5.74) is 0. The summed E-state index contributed by atoms with van der Waals surface area (Å²) in [5.74, 6) is 3.06. The SMILES string of the molecule is C#CCOCSSC(C)(C)NC. The van der Waals surface area contributed by atoms with E-state index in [1.807, 2.05) is 7.05 Å². The normalized spacial score (nSPS) is 11.2. The van der Waals surface area contributed by atoms with Gasteiger partial charge in [0.2, 0.25) is 0 Å². The van der Waals surface area contributed by atoms with Crippen LogP contribution < -0.4 is 5.32 Å². The Kier molecular flexibility index (Phi) is 6.77. The Bertz CT molecular complexity index is 154. The van der Waals surface area contributed by atoms with E-state index in [0.717, 1.165) is 0 Å². The predicted molar refractivity (Wildman–Crippen MR) is 58.0 cm³/mol. The number of rotatable bonds is 6. The van der Waals surface area contributed by atoms with E-state index in [9.17, 15) is 0 Å². The zero-order chi connectivity index (χ0) is 9.45. The second-order valence-corrected chi connectivity index (χ2v) is 5.50. The topological polar surface area (TPSA) is 21.3 Å². The standard InChI is InChI=1S/C8H15NOS2/c1-5-6-10-7-11-12-8(2,3)9-4/h1,9H,6-7H2,2-4H3. The lowest BCUT2D eigenvalue weighted by atomic mass is 10.4. The van der Waals surface area contributed by atoms with Gasteiger partial charge >= 0.3 is 0 Å². The predicted octanol–water partition coefficient (Wildman–Crippen LogP) is 1.93. The molecule has 0 amide bonds. The molecule has 4 heteroatoms. The third-order valence-corrected chi connectivity index (χ3v) is 4.08. The lowest BCUT2D eigenvalue weighted by molar-refractivity contribution is 0.223. The highest BCUT2D eigenvalue weighted by molar-refractivity contribution is 8.77. The van der Waals surface area contributed by atoms with Gasteiger partial charge in [-0.1, -0.05) is 27.5 Å². The van der Waals surface area contributed by atoms with Crippen LogP contribution in [0.15, 0.2) is 0 Å². The molecule has 2 nitrogen and oxygen atoms in total. The highest BCUT2D eigenvalue weighted by Gasteiger charge is 2.14. The Morgan fingerprint density at radius 3 is 2.75 bits per heavy atom. The van der Waals surface area contributed by atoms with Crippen molar-refractivity contribution in [3.8, 4) is 12.3 Å². The lowest BCUT2D eigenvalue weighted by Gasteiger charge is -2.21. The molecule has 0 aliphatic rings. The fraction of sp³-hybridized carbons (Fsp3) is 0.750. The molecular formula is C8H15NOS2. The van der Waals surface area contributed by atoms with Crippen LogP contribution in [0.2, 0.25) is 0 Å². The van der Waals surface area contributed by atoms with Crippen molar-refractivity contribution in [2.75, 3.05) is 19.6 Å². The molecule has 0 saturated heterocycles. The van der Waals surface area contributed by atoms with E-state index in [1.54, 1.807) is 21.6 Å². The average Bonchev–Trinajstić information content (AvgIpc) is 2.04. The number of hydrogen-bond acceptors (Lipinski definition) is 4. The first kappa shape index (κ1) is 12.2. The molecular weight excluding hydrogens is 190 g/mol. The van der Waals surface area contributed by atoms with Crippen molar-refractivity contribution in [1.29, 1.82) is 0 Å². The monoisotopic (exact) mass is 205 g/mol. The molecule has 12 heavy (non-hydrogen) atoms. The van der Waals surface area contributed by atoms with Crippen LogP contribution in [-0.4, -0.2) is 24.5 Å². The summed E-state index contributed by atoms with van der Waals surface area (Å²) in [6.45, 7) is 4.63. The number of terminal acetylenes is 1. The van der Waals surface area contributed by atoms with Crippen LogP contribution in [0.3, 0.4) is 0 Å². The van der Waals surface area contributed by atoms with Gasteiger partial charge in [0, 0.05) is 0 Å². The van der Waals surface area contributed by atoms with Crippen LogP contribution in [0.25, 0.3) is 0 Å². The maximum Gasteiger partial charge on any atom is 0.108 e. The maximum absolute atomic E-state index is 5.10. The molecule has 0 aromatic carbocycles. The molecule has 0 bridgehead atoms. The van der Waals surface area contributed by atoms with Gasteiger partial charge in [0.25, 0.3) is 0 Å². The third-order valence-electron chi connectivity index (χ3n) is 1.19. The average molecular weight is 205 g/mol. The van der Waals surface area contributed by atoms with Crippen LogP contribution in [0.4, 0.5) is 0 Å². The Hall–Kier alpha value is 0.180. The van der Waals surface area contributed by atoms with Crippen molar-refractivity contribution in [3.05, 3.63) is 0 Å². The molecule has 0 aromatic heterocycles. The zero-order valence-electron chi connectivity index (χ0n) is 7.72. The van der Waals surface area contributed by atoms with Crippen LogP contribution in [0.5, 0.6) is 0 Å². The minimum atomic E-state index is 0.0875. The van der Waals surface area contributed by atoms with Gasteiger partial charge in [0.15, 0.2) is 0 Å². The summed E-state index contributed by atoms with van der Waals surface area (Å²) in [6.07, 6.45) is 5.02. The lowest BCUT2D eigenvalue weighted by Crippen LogP contribution is -2.31. The number of ether oxygens (including phenoxy) is 1. The van der Waals surface area contributed by atoms with E-state index in [1.165, 1.54) is 0 Å². The summed E-state index contributed by atoms with van der Waals surface area (Å²) < 4.78 is 5.10. The number of hydrogen-bond donors (Lipinski definition) is 1. The van der Waals surface area contributed by atoms with Crippen LogP contribution in [0.1, 0.15) is 13.8 Å². The van der Waals surface area contributed by atoms with Crippen LogP contribution in [-0.2, 0) is 4.74 Å². The Balaban J connectivity index is 3.26. The molecule has 0 atom stereocenters. The largest absolute Gasteiger partial charge is 0.357 e. The molecule has 70 valence electrons. The van der Waals surface area contributed by atoms with Gasteiger partial charge in [-0.05, 0) is 20.9 Å². The third kappa shape index (κ3) is 6.86. The van der Waals surface area contributed by atoms with Crippen molar-refractivity contribution >= 4 is 21.6 Å². The molecule has 0 rings (SSSR count). The quantitative estimate of drug-likeness (QED) is 0.309. The van der Waals surface area contributed by atoms with Crippen molar-refractivity contribution in [3.63, 3.8) is 0 Å². The Labute approximate surface area is 82.6 Å². The van der Waals surface area contributed by atoms with Crippen molar-refractivity contribution in [2.45, 2.75) is 18.7 Å². The van der Waals surface area contributed by atoms with Gasteiger partial charge in [-0.15, -0.1) is 6.42 Å². The molecule has 0 saturated carbocycles. The Morgan fingerprint density at radius 1 is 1.58 bits per heavy atom. The van der Waals surface area contributed by atoms with Gasteiger partial charge in [0.1, 0.15) is 12.5 Å². The fourth-order valence-electron chi connectivity index (χ4n) is 0.348. The summed E-state index contributed by atoms with van der Waals surface area (Å²) in [5, 5.41) is 3.18. The summed E-state index contributed by atoms with van der Waals surface area (Å²) in [4.78, 5) is 0.0875.